The molecular formula is C20H16F3N3O. The molecule has 0 radical (unpaired) electrons. The summed E-state index contributed by atoms with van der Waals surface area (Å²) in [5, 5.41) is 5.56. The Balaban J connectivity index is 1.61. The molecule has 0 bridgehead atoms. The van der Waals surface area contributed by atoms with E-state index in [-0.39, 0.29) is 18.1 Å². The lowest BCUT2D eigenvalue weighted by Crippen LogP contribution is -2.26. The van der Waals surface area contributed by atoms with Gasteiger partial charge in [0.2, 0.25) is 0 Å². The predicted octanol–water partition coefficient (Wildman–Crippen LogP) is 4.22. The summed E-state index contributed by atoms with van der Waals surface area (Å²) in [5.41, 5.74) is 1.50. The Hall–Kier alpha value is -3.35. The largest absolute Gasteiger partial charge is 0.355 e. The highest BCUT2D eigenvalue weighted by Crippen LogP contribution is 2.19. The van der Waals surface area contributed by atoms with Crippen LogP contribution in [0.3, 0.4) is 0 Å². The van der Waals surface area contributed by atoms with Crippen molar-refractivity contribution in [1.29, 1.82) is 0 Å². The number of carbonyl (C=O) groups is 1. The van der Waals surface area contributed by atoms with Gasteiger partial charge in [0.15, 0.2) is 11.6 Å². The molecule has 1 heterocycles. The van der Waals surface area contributed by atoms with Crippen molar-refractivity contribution in [3.8, 4) is 0 Å². The second kappa shape index (κ2) is 8.35. The maximum atomic E-state index is 13.6. The third-order valence-corrected chi connectivity index (χ3v) is 3.84. The van der Waals surface area contributed by atoms with Crippen LogP contribution in [0.5, 0.6) is 0 Å². The van der Waals surface area contributed by atoms with E-state index in [1.54, 1.807) is 24.3 Å². The number of nitrogens with zero attached hydrogens (tertiary/aromatic N) is 1. The first-order valence-electron chi connectivity index (χ1n) is 8.22. The van der Waals surface area contributed by atoms with Crippen molar-refractivity contribution in [2.75, 3.05) is 11.9 Å². The maximum Gasteiger partial charge on any atom is 0.269 e. The van der Waals surface area contributed by atoms with Crippen LogP contribution >= 0.6 is 0 Å². The summed E-state index contributed by atoms with van der Waals surface area (Å²) >= 11 is 0. The van der Waals surface area contributed by atoms with Crippen LogP contribution < -0.4 is 10.6 Å². The molecule has 138 valence electrons. The monoisotopic (exact) mass is 371 g/mol. The number of hydrogen-bond acceptors (Lipinski definition) is 3. The van der Waals surface area contributed by atoms with Crippen LogP contribution in [0.4, 0.5) is 24.5 Å². The Labute approximate surface area is 154 Å². The summed E-state index contributed by atoms with van der Waals surface area (Å²) in [7, 11) is 0. The SMILES string of the molecule is O=C(NCCc1ccccc1F)c1cc(Nc2ccc(F)c(F)c2)ccn1. The molecule has 0 saturated carbocycles. The minimum atomic E-state index is -0.972. The highest BCUT2D eigenvalue weighted by molar-refractivity contribution is 5.93. The lowest BCUT2D eigenvalue weighted by Gasteiger charge is -2.09. The third kappa shape index (κ3) is 4.84. The quantitative estimate of drug-likeness (QED) is 0.682. The summed E-state index contributed by atoms with van der Waals surface area (Å²) in [6.45, 7) is 0.252. The van der Waals surface area contributed by atoms with E-state index in [2.05, 4.69) is 15.6 Å². The zero-order valence-electron chi connectivity index (χ0n) is 14.2. The van der Waals surface area contributed by atoms with E-state index in [4.69, 9.17) is 0 Å². The molecule has 3 rings (SSSR count). The van der Waals surface area contributed by atoms with Gasteiger partial charge in [0, 0.05) is 30.2 Å². The minimum Gasteiger partial charge on any atom is -0.355 e. The van der Waals surface area contributed by atoms with Gasteiger partial charge in [-0.1, -0.05) is 18.2 Å². The van der Waals surface area contributed by atoms with Crippen molar-refractivity contribution >= 4 is 17.3 Å². The number of anilines is 2. The minimum absolute atomic E-state index is 0.149. The van der Waals surface area contributed by atoms with Crippen molar-refractivity contribution in [3.63, 3.8) is 0 Å². The second-order valence-corrected chi connectivity index (χ2v) is 5.78. The van der Waals surface area contributed by atoms with Gasteiger partial charge >= 0.3 is 0 Å². The normalized spacial score (nSPS) is 10.5. The number of aromatic nitrogens is 1. The maximum absolute atomic E-state index is 13.6. The van der Waals surface area contributed by atoms with Crippen LogP contribution in [0.1, 0.15) is 16.1 Å². The number of halogens is 3. The van der Waals surface area contributed by atoms with E-state index in [1.165, 1.54) is 24.4 Å². The molecule has 2 N–H and O–H groups in total. The molecule has 27 heavy (non-hydrogen) atoms. The van der Waals surface area contributed by atoms with Gasteiger partial charge < -0.3 is 10.6 Å². The average Bonchev–Trinajstić information content (AvgIpc) is 2.66. The van der Waals surface area contributed by atoms with E-state index in [9.17, 15) is 18.0 Å². The Kier molecular flexibility index (Phi) is 5.71. The lowest BCUT2D eigenvalue weighted by molar-refractivity contribution is 0.0949. The van der Waals surface area contributed by atoms with E-state index < -0.39 is 17.5 Å². The number of amides is 1. The first-order chi connectivity index (χ1) is 13.0. The molecule has 1 amide bonds. The highest BCUT2D eigenvalue weighted by Gasteiger charge is 2.09. The molecule has 2 aromatic carbocycles. The smallest absolute Gasteiger partial charge is 0.269 e. The van der Waals surface area contributed by atoms with Gasteiger partial charge in [-0.25, -0.2) is 13.2 Å². The number of hydrogen-bond donors (Lipinski definition) is 2. The van der Waals surface area contributed by atoms with E-state index in [1.807, 2.05) is 0 Å². The summed E-state index contributed by atoms with van der Waals surface area (Å²) in [5.74, 6) is -2.65. The van der Waals surface area contributed by atoms with Gasteiger partial charge in [0.25, 0.3) is 5.91 Å². The molecular weight excluding hydrogens is 355 g/mol. The van der Waals surface area contributed by atoms with Crippen molar-refractivity contribution in [2.24, 2.45) is 0 Å². The topological polar surface area (TPSA) is 54.0 Å². The fraction of sp³-hybridized carbons (Fsp3) is 0.100. The molecule has 7 heteroatoms. The molecule has 0 aliphatic rings. The van der Waals surface area contributed by atoms with Gasteiger partial charge in [-0.3, -0.25) is 9.78 Å². The van der Waals surface area contributed by atoms with Gasteiger partial charge in [-0.15, -0.1) is 0 Å². The zero-order valence-corrected chi connectivity index (χ0v) is 14.2. The highest BCUT2D eigenvalue weighted by atomic mass is 19.2. The number of pyridine rings is 1. The van der Waals surface area contributed by atoms with Crippen LogP contribution in [0.15, 0.2) is 60.8 Å². The first kappa shape index (κ1) is 18.4. The van der Waals surface area contributed by atoms with E-state index in [0.29, 0.717) is 23.4 Å². The number of carbonyl (C=O) groups excluding carboxylic acids is 1. The van der Waals surface area contributed by atoms with Crippen molar-refractivity contribution < 1.29 is 18.0 Å². The molecule has 3 aromatic rings. The molecule has 0 aliphatic heterocycles. The van der Waals surface area contributed by atoms with E-state index >= 15 is 0 Å². The van der Waals surface area contributed by atoms with E-state index in [0.717, 1.165) is 12.1 Å². The van der Waals surface area contributed by atoms with Gasteiger partial charge in [0.1, 0.15) is 11.5 Å². The standard InChI is InChI=1S/C20H16F3N3O/c21-16-4-2-1-3-13(16)7-9-25-20(27)19-12-15(8-10-24-19)26-14-5-6-17(22)18(23)11-14/h1-6,8,10-12H,7,9H2,(H,24,26)(H,25,27). The van der Waals surface area contributed by atoms with Gasteiger partial charge in [0.05, 0.1) is 0 Å². The summed E-state index contributed by atoms with van der Waals surface area (Å²) < 4.78 is 39.8. The second-order valence-electron chi connectivity index (χ2n) is 5.78. The fourth-order valence-corrected chi connectivity index (χ4v) is 2.48. The predicted molar refractivity (Wildman–Crippen MR) is 96.3 cm³/mol. The van der Waals surface area contributed by atoms with Crippen molar-refractivity contribution in [3.05, 3.63) is 89.5 Å². The van der Waals surface area contributed by atoms with Crippen LogP contribution in [-0.4, -0.2) is 17.4 Å². The zero-order chi connectivity index (χ0) is 19.2. The Morgan fingerprint density at radius 1 is 0.889 bits per heavy atom. The van der Waals surface area contributed by atoms with Crippen LogP contribution in [-0.2, 0) is 6.42 Å². The van der Waals surface area contributed by atoms with Crippen LogP contribution in [0.25, 0.3) is 0 Å². The van der Waals surface area contributed by atoms with Gasteiger partial charge in [-0.2, -0.15) is 0 Å². The fourth-order valence-electron chi connectivity index (χ4n) is 2.48. The number of rotatable bonds is 6. The van der Waals surface area contributed by atoms with Crippen LogP contribution in [0.2, 0.25) is 0 Å². The van der Waals surface area contributed by atoms with Gasteiger partial charge in [-0.05, 0) is 42.3 Å². The first-order valence-corrected chi connectivity index (χ1v) is 8.22. The Morgan fingerprint density at radius 3 is 2.44 bits per heavy atom. The summed E-state index contributed by atoms with van der Waals surface area (Å²) in [6.07, 6.45) is 1.78. The molecule has 0 unspecified atom stereocenters. The van der Waals surface area contributed by atoms with Crippen LogP contribution in [0, 0.1) is 17.5 Å². The van der Waals surface area contributed by atoms with Crippen molar-refractivity contribution in [2.45, 2.75) is 6.42 Å². The molecule has 1 aromatic heterocycles. The number of nitrogens with one attached hydrogen (secondary N) is 2. The molecule has 0 fully saturated rings. The van der Waals surface area contributed by atoms with Crippen molar-refractivity contribution in [1.82, 2.24) is 10.3 Å². The molecule has 0 spiro atoms. The lowest BCUT2D eigenvalue weighted by atomic mass is 10.1. The number of benzene rings is 2. The third-order valence-electron chi connectivity index (χ3n) is 3.84. The molecule has 0 aliphatic carbocycles. The molecule has 0 atom stereocenters. The molecule has 0 saturated heterocycles. The molecule has 4 nitrogen and oxygen atoms in total. The summed E-state index contributed by atoms with van der Waals surface area (Å²) in [4.78, 5) is 16.2. The average molecular weight is 371 g/mol. The Morgan fingerprint density at radius 2 is 1.67 bits per heavy atom. The Bertz CT molecular complexity index is 963. The summed E-state index contributed by atoms with van der Waals surface area (Å²) in [6, 6.07) is 12.9.